The average Bonchev–Trinajstić information content (AvgIpc) is 3.30. The van der Waals surface area contributed by atoms with Gasteiger partial charge in [0.05, 0.1) is 19.3 Å². The number of morpholine rings is 1. The minimum atomic E-state index is -0.00515. The molecule has 142 valence electrons. The van der Waals surface area contributed by atoms with Crippen LogP contribution in [0.25, 0.3) is 10.2 Å². The molecule has 0 radical (unpaired) electrons. The second-order valence-corrected chi connectivity index (χ2v) is 7.77. The van der Waals surface area contributed by atoms with Crippen LogP contribution in [-0.4, -0.2) is 54.8 Å². The van der Waals surface area contributed by atoms with Crippen molar-refractivity contribution < 1.29 is 9.53 Å². The van der Waals surface area contributed by atoms with E-state index < -0.39 is 0 Å². The molecule has 0 unspecified atom stereocenters. The van der Waals surface area contributed by atoms with Crippen molar-refractivity contribution in [1.82, 2.24) is 14.8 Å². The van der Waals surface area contributed by atoms with Crippen LogP contribution in [0.2, 0.25) is 0 Å². The maximum atomic E-state index is 12.9. The van der Waals surface area contributed by atoms with Crippen molar-refractivity contribution >= 4 is 27.5 Å². The summed E-state index contributed by atoms with van der Waals surface area (Å²) in [6.45, 7) is 7.10. The molecular weight excluding hydrogens is 358 g/mol. The zero-order valence-electron chi connectivity index (χ0n) is 15.6. The summed E-state index contributed by atoms with van der Waals surface area (Å²) in [5.41, 5.74) is 1.93. The summed E-state index contributed by atoms with van der Waals surface area (Å²) in [6, 6.07) is 14.5. The number of hydrogen-bond acceptors (Lipinski definition) is 4. The van der Waals surface area contributed by atoms with E-state index in [4.69, 9.17) is 4.74 Å². The topological polar surface area (TPSA) is 46.5 Å². The van der Waals surface area contributed by atoms with E-state index in [1.807, 2.05) is 24.3 Å². The van der Waals surface area contributed by atoms with E-state index in [-0.39, 0.29) is 11.9 Å². The number of ether oxygens (including phenoxy) is 1. The van der Waals surface area contributed by atoms with E-state index in [1.165, 1.54) is 5.56 Å². The third-order valence-corrected chi connectivity index (χ3v) is 6.09. The monoisotopic (exact) mass is 383 g/mol. The van der Waals surface area contributed by atoms with Gasteiger partial charge < -0.3 is 14.6 Å². The molecule has 1 atom stereocenters. The first-order chi connectivity index (χ1) is 13.2. The molecule has 0 aliphatic carbocycles. The van der Waals surface area contributed by atoms with E-state index in [0.29, 0.717) is 6.54 Å². The van der Waals surface area contributed by atoms with Gasteiger partial charge in [0.1, 0.15) is 10.5 Å². The zero-order chi connectivity index (χ0) is 18.6. The Bertz CT molecular complexity index is 897. The van der Waals surface area contributed by atoms with Gasteiger partial charge in [-0.3, -0.25) is 9.69 Å². The maximum absolute atomic E-state index is 12.9. The Morgan fingerprint density at radius 2 is 2.00 bits per heavy atom. The summed E-state index contributed by atoms with van der Waals surface area (Å²) in [6.07, 6.45) is 0. The molecule has 1 saturated heterocycles. The number of thiophene rings is 1. The summed E-state index contributed by atoms with van der Waals surface area (Å²) >= 11 is 1.68. The molecule has 1 aliphatic heterocycles. The first-order valence-electron chi connectivity index (χ1n) is 9.46. The third-order valence-electron chi connectivity index (χ3n) is 5.16. The number of rotatable bonds is 6. The number of nitrogens with zero attached hydrogens (tertiary/aromatic N) is 2. The normalized spacial score (nSPS) is 16.5. The van der Waals surface area contributed by atoms with Crippen LogP contribution in [0.1, 0.15) is 29.0 Å². The maximum Gasteiger partial charge on any atom is 0.268 e. The Morgan fingerprint density at radius 3 is 2.78 bits per heavy atom. The number of benzene rings is 1. The summed E-state index contributed by atoms with van der Waals surface area (Å²) in [5, 5.41) is 6.31. The molecular formula is C21H25N3O2S. The highest BCUT2D eigenvalue weighted by Gasteiger charge is 2.21. The van der Waals surface area contributed by atoms with Gasteiger partial charge in [-0.1, -0.05) is 30.3 Å². The van der Waals surface area contributed by atoms with Crippen LogP contribution >= 0.6 is 11.3 Å². The Balaban J connectivity index is 1.52. The van der Waals surface area contributed by atoms with Crippen molar-refractivity contribution in [2.24, 2.45) is 0 Å². The lowest BCUT2D eigenvalue weighted by molar-refractivity contribution is 0.0383. The fourth-order valence-corrected chi connectivity index (χ4v) is 4.60. The number of nitrogens with one attached hydrogen (secondary N) is 1. The van der Waals surface area contributed by atoms with Crippen molar-refractivity contribution in [2.75, 3.05) is 39.4 Å². The minimum absolute atomic E-state index is 0.00515. The summed E-state index contributed by atoms with van der Waals surface area (Å²) in [4.78, 5) is 16.4. The number of fused-ring (bicyclic) bond motifs is 1. The Morgan fingerprint density at radius 1 is 1.22 bits per heavy atom. The predicted octanol–water partition coefficient (Wildman–Crippen LogP) is 3.37. The van der Waals surface area contributed by atoms with E-state index in [2.05, 4.69) is 45.3 Å². The van der Waals surface area contributed by atoms with Gasteiger partial charge in [0, 0.05) is 31.6 Å². The molecule has 1 fully saturated rings. The molecule has 0 saturated carbocycles. The number of aromatic nitrogens is 1. The third kappa shape index (κ3) is 3.93. The standard InChI is InChI=1S/C21H25N3O2S/c1-16(17-5-3-2-4-6-17)24-19(15-18-7-14-27-21(18)24)20(25)22-8-9-23-10-12-26-13-11-23/h2-7,14-16H,8-13H2,1H3,(H,22,25)/t16-/m1/s1. The molecule has 4 rings (SSSR count). The van der Waals surface area contributed by atoms with Crippen LogP contribution in [-0.2, 0) is 4.74 Å². The van der Waals surface area contributed by atoms with Crippen LogP contribution in [0, 0.1) is 0 Å². The molecule has 27 heavy (non-hydrogen) atoms. The van der Waals surface area contributed by atoms with Crippen molar-refractivity contribution in [2.45, 2.75) is 13.0 Å². The molecule has 1 aromatic carbocycles. The number of hydrogen-bond donors (Lipinski definition) is 1. The van der Waals surface area contributed by atoms with Gasteiger partial charge in [0.15, 0.2) is 0 Å². The van der Waals surface area contributed by atoms with Crippen molar-refractivity contribution in [3.8, 4) is 0 Å². The smallest absolute Gasteiger partial charge is 0.268 e. The molecule has 1 aliphatic rings. The van der Waals surface area contributed by atoms with Crippen molar-refractivity contribution in [3.05, 3.63) is 59.1 Å². The second-order valence-electron chi connectivity index (χ2n) is 6.88. The molecule has 3 heterocycles. The molecule has 1 N–H and O–H groups in total. The average molecular weight is 384 g/mol. The molecule has 1 amide bonds. The molecule has 0 spiro atoms. The van der Waals surface area contributed by atoms with Gasteiger partial charge in [-0.25, -0.2) is 0 Å². The molecule has 6 heteroatoms. The van der Waals surface area contributed by atoms with Crippen LogP contribution in [0.3, 0.4) is 0 Å². The molecule has 0 bridgehead atoms. The van der Waals surface area contributed by atoms with E-state index >= 15 is 0 Å². The van der Waals surface area contributed by atoms with Gasteiger partial charge in [0.2, 0.25) is 0 Å². The van der Waals surface area contributed by atoms with Crippen molar-refractivity contribution in [1.29, 1.82) is 0 Å². The summed E-state index contributed by atoms with van der Waals surface area (Å²) in [5.74, 6) is -0.00515. The van der Waals surface area contributed by atoms with Crippen LogP contribution < -0.4 is 5.32 Å². The Kier molecular flexibility index (Phi) is 5.57. The van der Waals surface area contributed by atoms with E-state index in [1.54, 1.807) is 11.3 Å². The lowest BCUT2D eigenvalue weighted by atomic mass is 10.1. The van der Waals surface area contributed by atoms with Gasteiger partial charge in [-0.05, 0) is 30.0 Å². The largest absolute Gasteiger partial charge is 0.379 e. The molecule has 3 aromatic rings. The second kappa shape index (κ2) is 8.25. The lowest BCUT2D eigenvalue weighted by Gasteiger charge is -2.26. The minimum Gasteiger partial charge on any atom is -0.379 e. The molecule has 5 nitrogen and oxygen atoms in total. The van der Waals surface area contributed by atoms with E-state index in [9.17, 15) is 4.79 Å². The highest BCUT2D eigenvalue weighted by Crippen LogP contribution is 2.31. The fraction of sp³-hybridized carbons (Fsp3) is 0.381. The Labute approximate surface area is 163 Å². The molecule has 2 aromatic heterocycles. The SMILES string of the molecule is C[C@H](c1ccccc1)n1c(C(=O)NCCN2CCOCC2)cc2ccsc21. The highest BCUT2D eigenvalue weighted by molar-refractivity contribution is 7.16. The van der Waals surface area contributed by atoms with Crippen molar-refractivity contribution in [3.63, 3.8) is 0 Å². The summed E-state index contributed by atoms with van der Waals surface area (Å²) in [7, 11) is 0. The first kappa shape index (κ1) is 18.2. The highest BCUT2D eigenvalue weighted by atomic mass is 32.1. The number of carbonyl (C=O) groups is 1. The number of amides is 1. The summed E-state index contributed by atoms with van der Waals surface area (Å²) < 4.78 is 7.54. The quantitative estimate of drug-likeness (QED) is 0.710. The first-order valence-corrected chi connectivity index (χ1v) is 10.3. The Hall–Kier alpha value is -2.15. The number of carbonyl (C=O) groups excluding carboxylic acids is 1. The predicted molar refractivity (Wildman–Crippen MR) is 110 cm³/mol. The lowest BCUT2D eigenvalue weighted by Crippen LogP contribution is -2.41. The van der Waals surface area contributed by atoms with Gasteiger partial charge >= 0.3 is 0 Å². The van der Waals surface area contributed by atoms with Crippen LogP contribution in [0.5, 0.6) is 0 Å². The van der Waals surface area contributed by atoms with Gasteiger partial charge in [-0.2, -0.15) is 0 Å². The van der Waals surface area contributed by atoms with E-state index in [0.717, 1.165) is 48.8 Å². The van der Waals surface area contributed by atoms with Gasteiger partial charge in [-0.15, -0.1) is 11.3 Å². The van der Waals surface area contributed by atoms with Crippen LogP contribution in [0.4, 0.5) is 0 Å². The zero-order valence-corrected chi connectivity index (χ0v) is 16.4. The fourth-order valence-electron chi connectivity index (χ4n) is 3.63. The van der Waals surface area contributed by atoms with Gasteiger partial charge in [0.25, 0.3) is 5.91 Å². The van der Waals surface area contributed by atoms with Crippen LogP contribution in [0.15, 0.2) is 47.8 Å².